The maximum Gasteiger partial charge on any atom is 0.168 e. The number of methoxy groups -OCH3 is 2. The molecule has 1 unspecified atom stereocenters. The topological polar surface area (TPSA) is 35.5 Å². The highest BCUT2D eigenvalue weighted by molar-refractivity contribution is 7.85. The van der Waals surface area contributed by atoms with Gasteiger partial charge in [-0.25, -0.2) is 0 Å². The van der Waals surface area contributed by atoms with Gasteiger partial charge >= 0.3 is 0 Å². The molecule has 0 aromatic rings. The third-order valence-corrected chi connectivity index (χ3v) is 4.23. The van der Waals surface area contributed by atoms with Gasteiger partial charge in [-0.05, 0) is 18.8 Å². The van der Waals surface area contributed by atoms with Crippen LogP contribution in [0.5, 0.6) is 0 Å². The molecule has 0 spiro atoms. The lowest BCUT2D eigenvalue weighted by Gasteiger charge is -2.14. The van der Waals surface area contributed by atoms with Crippen molar-refractivity contribution in [2.75, 3.05) is 25.7 Å². The van der Waals surface area contributed by atoms with E-state index in [1.54, 1.807) is 14.2 Å². The molecule has 1 rings (SSSR count). The van der Waals surface area contributed by atoms with Crippen LogP contribution in [0.2, 0.25) is 0 Å². The molecular weight excluding hydrogens is 200 g/mol. The Morgan fingerprint density at radius 3 is 2.36 bits per heavy atom. The van der Waals surface area contributed by atoms with Gasteiger partial charge in [-0.2, -0.15) is 0 Å². The lowest BCUT2D eigenvalue weighted by atomic mass is 10.1. The molecule has 1 atom stereocenters. The first-order chi connectivity index (χ1) is 6.76. The van der Waals surface area contributed by atoms with Crippen molar-refractivity contribution in [2.45, 2.75) is 32.0 Å². The molecule has 0 heterocycles. The summed E-state index contributed by atoms with van der Waals surface area (Å²) in [6.45, 7) is 0. The zero-order valence-electron chi connectivity index (χ0n) is 9.03. The van der Waals surface area contributed by atoms with Crippen LogP contribution in [0.3, 0.4) is 0 Å². The van der Waals surface area contributed by atoms with Crippen molar-refractivity contribution in [3.8, 4) is 0 Å². The third kappa shape index (κ3) is 4.07. The Kier molecular flexibility index (Phi) is 5.67. The predicted octanol–water partition coefficient (Wildman–Crippen LogP) is 1.54. The Morgan fingerprint density at radius 2 is 1.86 bits per heavy atom. The molecule has 1 aliphatic carbocycles. The standard InChI is InChI=1S/C10H20O3S/c1-12-10(13-2)8-14(11)7-9-5-3-4-6-9/h9-10H,3-8H2,1-2H3. The van der Waals surface area contributed by atoms with E-state index in [1.165, 1.54) is 25.7 Å². The van der Waals surface area contributed by atoms with Crippen molar-refractivity contribution in [3.63, 3.8) is 0 Å². The van der Waals surface area contributed by atoms with Crippen LogP contribution < -0.4 is 0 Å². The van der Waals surface area contributed by atoms with Gasteiger partial charge in [-0.3, -0.25) is 4.21 Å². The zero-order chi connectivity index (χ0) is 10.4. The predicted molar refractivity (Wildman–Crippen MR) is 57.6 cm³/mol. The molecular formula is C10H20O3S. The van der Waals surface area contributed by atoms with Gasteiger partial charge in [-0.1, -0.05) is 12.8 Å². The fourth-order valence-corrected chi connectivity index (χ4v) is 3.46. The van der Waals surface area contributed by atoms with Crippen molar-refractivity contribution in [3.05, 3.63) is 0 Å². The summed E-state index contributed by atoms with van der Waals surface area (Å²) < 4.78 is 21.7. The Hall–Kier alpha value is 0.0700. The first-order valence-electron chi connectivity index (χ1n) is 5.16. The largest absolute Gasteiger partial charge is 0.355 e. The molecule has 0 bridgehead atoms. The van der Waals surface area contributed by atoms with Crippen LogP contribution >= 0.6 is 0 Å². The first kappa shape index (κ1) is 12.1. The summed E-state index contributed by atoms with van der Waals surface area (Å²) >= 11 is 0. The van der Waals surface area contributed by atoms with Crippen LogP contribution in [0.25, 0.3) is 0 Å². The summed E-state index contributed by atoms with van der Waals surface area (Å²) in [5.41, 5.74) is 0. The van der Waals surface area contributed by atoms with E-state index >= 15 is 0 Å². The minimum Gasteiger partial charge on any atom is -0.355 e. The molecule has 14 heavy (non-hydrogen) atoms. The summed E-state index contributed by atoms with van der Waals surface area (Å²) in [5, 5.41) is 0. The summed E-state index contributed by atoms with van der Waals surface area (Å²) in [4.78, 5) is 0. The Morgan fingerprint density at radius 1 is 1.29 bits per heavy atom. The quantitative estimate of drug-likeness (QED) is 0.637. The van der Waals surface area contributed by atoms with E-state index in [1.807, 2.05) is 0 Å². The molecule has 1 aliphatic rings. The summed E-state index contributed by atoms with van der Waals surface area (Å²) in [7, 11) is 2.38. The highest BCUT2D eigenvalue weighted by atomic mass is 32.2. The highest BCUT2D eigenvalue weighted by Crippen LogP contribution is 2.25. The Balaban J connectivity index is 2.20. The highest BCUT2D eigenvalue weighted by Gasteiger charge is 2.19. The number of hydrogen-bond donors (Lipinski definition) is 0. The normalized spacial score (nSPS) is 20.5. The molecule has 4 heteroatoms. The van der Waals surface area contributed by atoms with Crippen molar-refractivity contribution >= 4 is 10.8 Å². The molecule has 0 N–H and O–H groups in total. The number of ether oxygens (including phenoxy) is 2. The second-order valence-electron chi connectivity index (χ2n) is 3.82. The lowest BCUT2D eigenvalue weighted by molar-refractivity contribution is -0.0847. The zero-order valence-corrected chi connectivity index (χ0v) is 9.85. The van der Waals surface area contributed by atoms with Crippen LogP contribution in [-0.2, 0) is 20.3 Å². The van der Waals surface area contributed by atoms with Crippen LogP contribution in [0, 0.1) is 5.92 Å². The van der Waals surface area contributed by atoms with Gasteiger partial charge in [0.25, 0.3) is 0 Å². The molecule has 0 aromatic heterocycles. The van der Waals surface area contributed by atoms with Gasteiger partial charge in [0.2, 0.25) is 0 Å². The van der Waals surface area contributed by atoms with Crippen molar-refractivity contribution < 1.29 is 13.7 Å². The monoisotopic (exact) mass is 220 g/mol. The van der Waals surface area contributed by atoms with Gasteiger partial charge < -0.3 is 9.47 Å². The van der Waals surface area contributed by atoms with Crippen LogP contribution in [0.1, 0.15) is 25.7 Å². The van der Waals surface area contributed by atoms with Crippen LogP contribution in [-0.4, -0.2) is 36.2 Å². The van der Waals surface area contributed by atoms with Crippen molar-refractivity contribution in [1.82, 2.24) is 0 Å². The van der Waals surface area contributed by atoms with E-state index in [9.17, 15) is 4.21 Å². The van der Waals surface area contributed by atoms with Crippen LogP contribution in [0.15, 0.2) is 0 Å². The van der Waals surface area contributed by atoms with Gasteiger partial charge in [-0.15, -0.1) is 0 Å². The van der Waals surface area contributed by atoms with Crippen LogP contribution in [0.4, 0.5) is 0 Å². The van der Waals surface area contributed by atoms with Gasteiger partial charge in [0, 0.05) is 30.8 Å². The van der Waals surface area contributed by atoms with Gasteiger partial charge in [0.15, 0.2) is 6.29 Å². The average Bonchev–Trinajstić information content (AvgIpc) is 2.66. The van der Waals surface area contributed by atoms with E-state index in [4.69, 9.17) is 9.47 Å². The number of hydrogen-bond acceptors (Lipinski definition) is 3. The Labute approximate surface area is 88.6 Å². The van der Waals surface area contributed by atoms with E-state index in [-0.39, 0.29) is 6.29 Å². The van der Waals surface area contributed by atoms with E-state index in [0.29, 0.717) is 11.7 Å². The maximum absolute atomic E-state index is 11.7. The molecule has 84 valence electrons. The molecule has 3 nitrogen and oxygen atoms in total. The Bertz CT molecular complexity index is 168. The second kappa shape index (κ2) is 6.53. The smallest absolute Gasteiger partial charge is 0.168 e. The molecule has 0 amide bonds. The average molecular weight is 220 g/mol. The summed E-state index contributed by atoms with van der Waals surface area (Å²) in [6, 6.07) is 0. The third-order valence-electron chi connectivity index (χ3n) is 2.74. The molecule has 0 radical (unpaired) electrons. The fourth-order valence-electron chi connectivity index (χ4n) is 1.89. The molecule has 1 saturated carbocycles. The number of rotatable bonds is 6. The minimum atomic E-state index is -0.790. The van der Waals surface area contributed by atoms with Gasteiger partial charge in [0.1, 0.15) is 0 Å². The molecule has 0 saturated heterocycles. The SMILES string of the molecule is COC(CS(=O)CC1CCCC1)OC. The minimum absolute atomic E-state index is 0.308. The van der Waals surface area contributed by atoms with E-state index < -0.39 is 10.8 Å². The van der Waals surface area contributed by atoms with E-state index in [2.05, 4.69) is 0 Å². The molecule has 0 aliphatic heterocycles. The molecule has 0 aromatic carbocycles. The summed E-state index contributed by atoms with van der Waals surface area (Å²) in [6.07, 6.45) is 4.80. The summed E-state index contributed by atoms with van der Waals surface area (Å²) in [5.74, 6) is 2.00. The first-order valence-corrected chi connectivity index (χ1v) is 6.65. The lowest BCUT2D eigenvalue weighted by Crippen LogP contribution is -2.24. The second-order valence-corrected chi connectivity index (χ2v) is 5.37. The van der Waals surface area contributed by atoms with Crippen molar-refractivity contribution in [2.24, 2.45) is 5.92 Å². The fraction of sp³-hybridized carbons (Fsp3) is 1.00. The van der Waals surface area contributed by atoms with Crippen molar-refractivity contribution in [1.29, 1.82) is 0 Å². The van der Waals surface area contributed by atoms with Gasteiger partial charge in [0.05, 0.1) is 5.75 Å². The molecule has 1 fully saturated rings. The maximum atomic E-state index is 11.7. The van der Waals surface area contributed by atoms with E-state index in [0.717, 1.165) is 5.75 Å².